The maximum Gasteiger partial charge on any atom is 0.328 e. The Hall–Kier alpha value is -4.03. The molecule has 4 atom stereocenters. The zero-order valence-electron chi connectivity index (χ0n) is 24.6. The summed E-state index contributed by atoms with van der Waals surface area (Å²) >= 11 is 0. The second kappa shape index (κ2) is 16.4. The number of hydrogen-bond acceptors (Lipinski definition) is 6. The van der Waals surface area contributed by atoms with Gasteiger partial charge in [0.2, 0.25) is 17.7 Å². The average molecular weight is 594 g/mol. The van der Waals surface area contributed by atoms with E-state index in [1.807, 2.05) is 0 Å². The lowest BCUT2D eigenvalue weighted by molar-refractivity contribution is -0.144. The largest absolute Gasteiger partial charge is 0.467 e. The summed E-state index contributed by atoms with van der Waals surface area (Å²) in [4.78, 5) is 63.6. The van der Waals surface area contributed by atoms with E-state index >= 15 is 0 Å². The second-order valence-electron chi connectivity index (χ2n) is 10.9. The van der Waals surface area contributed by atoms with Gasteiger partial charge in [-0.3, -0.25) is 14.4 Å². The van der Waals surface area contributed by atoms with Crippen LogP contribution in [-0.4, -0.2) is 67.5 Å². The van der Waals surface area contributed by atoms with E-state index in [0.717, 1.165) is 18.2 Å². The van der Waals surface area contributed by atoms with Gasteiger partial charge in [0.05, 0.1) is 13.2 Å². The van der Waals surface area contributed by atoms with Crippen LogP contribution >= 0.6 is 0 Å². The number of methoxy groups -OCH3 is 1. The number of amides is 5. The molecule has 2 unspecified atom stereocenters. The fourth-order valence-electron chi connectivity index (χ4n) is 4.39. The molecule has 1 aromatic carbocycles. The van der Waals surface area contributed by atoms with Crippen LogP contribution in [0.1, 0.15) is 52.5 Å². The first-order valence-corrected chi connectivity index (χ1v) is 14.0. The summed E-state index contributed by atoms with van der Waals surface area (Å²) in [5, 5.41) is 13.3. The number of carbonyl (C=O) groups is 5. The maximum atomic E-state index is 13.8. The highest BCUT2D eigenvalue weighted by molar-refractivity contribution is 5.93. The molecule has 0 aromatic heterocycles. The summed E-state index contributed by atoms with van der Waals surface area (Å²) in [6.07, 6.45) is 3.91. The van der Waals surface area contributed by atoms with Gasteiger partial charge in [0.1, 0.15) is 29.8 Å². The Bertz CT molecular complexity index is 1140. The van der Waals surface area contributed by atoms with Crippen molar-refractivity contribution in [1.29, 1.82) is 0 Å². The van der Waals surface area contributed by atoms with Crippen molar-refractivity contribution in [3.8, 4) is 0 Å². The minimum absolute atomic E-state index is 0.0155. The van der Waals surface area contributed by atoms with Crippen LogP contribution in [0.4, 0.5) is 13.6 Å². The number of rotatable bonds is 9. The van der Waals surface area contributed by atoms with Crippen LogP contribution < -0.4 is 26.6 Å². The summed E-state index contributed by atoms with van der Waals surface area (Å²) in [5.41, 5.74) is 0.261. The first-order chi connectivity index (χ1) is 19.8. The van der Waals surface area contributed by atoms with Crippen molar-refractivity contribution in [2.24, 2.45) is 11.8 Å². The Morgan fingerprint density at radius 3 is 2.19 bits per heavy atom. The van der Waals surface area contributed by atoms with Crippen molar-refractivity contribution in [2.45, 2.75) is 77.5 Å². The van der Waals surface area contributed by atoms with Crippen LogP contribution in [0, 0.1) is 23.5 Å². The fraction of sp³-hybridized carbons (Fsp3) is 0.552. The quantitative estimate of drug-likeness (QED) is 0.276. The number of nitrogens with one attached hydrogen (secondary N) is 5. The fourth-order valence-corrected chi connectivity index (χ4v) is 4.39. The van der Waals surface area contributed by atoms with Gasteiger partial charge in [-0.05, 0) is 55.2 Å². The molecule has 0 aliphatic carbocycles. The van der Waals surface area contributed by atoms with E-state index in [1.165, 1.54) is 19.3 Å². The van der Waals surface area contributed by atoms with E-state index in [2.05, 4.69) is 26.6 Å². The van der Waals surface area contributed by atoms with Crippen LogP contribution in [0.25, 0.3) is 0 Å². The zero-order chi connectivity index (χ0) is 31.4. The van der Waals surface area contributed by atoms with Crippen molar-refractivity contribution in [2.75, 3.05) is 13.7 Å². The molecule has 1 aromatic rings. The third-order valence-electron chi connectivity index (χ3n) is 6.68. The predicted molar refractivity (Wildman–Crippen MR) is 151 cm³/mol. The number of benzene rings is 1. The monoisotopic (exact) mass is 593 g/mol. The Labute approximate surface area is 244 Å². The van der Waals surface area contributed by atoms with Crippen molar-refractivity contribution in [3.05, 3.63) is 47.5 Å². The van der Waals surface area contributed by atoms with Gasteiger partial charge >= 0.3 is 12.0 Å². The lowest BCUT2D eigenvalue weighted by Gasteiger charge is -2.27. The van der Waals surface area contributed by atoms with E-state index in [1.54, 1.807) is 27.7 Å². The van der Waals surface area contributed by atoms with E-state index in [4.69, 9.17) is 4.74 Å². The maximum absolute atomic E-state index is 13.8. The molecule has 0 saturated carbocycles. The molecular formula is C29H41F2N5O6. The van der Waals surface area contributed by atoms with Crippen LogP contribution in [0.3, 0.4) is 0 Å². The van der Waals surface area contributed by atoms with Crippen LogP contribution in [0.5, 0.6) is 0 Å². The lowest BCUT2D eigenvalue weighted by Crippen LogP contribution is -2.59. The minimum Gasteiger partial charge on any atom is -0.467 e. The van der Waals surface area contributed by atoms with Gasteiger partial charge in [0, 0.05) is 18.7 Å². The summed E-state index contributed by atoms with van der Waals surface area (Å²) in [7, 11) is 1.21. The first-order valence-electron chi connectivity index (χ1n) is 14.0. The number of halogens is 2. The molecule has 0 bridgehead atoms. The van der Waals surface area contributed by atoms with E-state index in [0.29, 0.717) is 19.4 Å². The number of esters is 1. The van der Waals surface area contributed by atoms with Crippen molar-refractivity contribution in [3.63, 3.8) is 0 Å². The molecule has 11 nitrogen and oxygen atoms in total. The molecule has 0 radical (unpaired) electrons. The summed E-state index contributed by atoms with van der Waals surface area (Å²) in [6.45, 7) is 7.24. The van der Waals surface area contributed by atoms with Gasteiger partial charge < -0.3 is 31.3 Å². The van der Waals surface area contributed by atoms with Crippen LogP contribution in [0.15, 0.2) is 30.4 Å². The number of urea groups is 1. The molecule has 5 amide bonds. The molecule has 232 valence electrons. The molecule has 0 saturated heterocycles. The van der Waals surface area contributed by atoms with Crippen LogP contribution in [0.2, 0.25) is 0 Å². The molecule has 2 rings (SSSR count). The highest BCUT2D eigenvalue weighted by Crippen LogP contribution is 2.13. The van der Waals surface area contributed by atoms with Crippen molar-refractivity contribution in [1.82, 2.24) is 26.6 Å². The number of carbonyl (C=O) groups excluding carboxylic acids is 5. The zero-order valence-corrected chi connectivity index (χ0v) is 24.6. The molecule has 1 aliphatic heterocycles. The Morgan fingerprint density at radius 2 is 1.60 bits per heavy atom. The summed E-state index contributed by atoms with van der Waals surface area (Å²) in [6, 6.07) is -1.56. The standard InChI is InChI=1S/C29H41F2N5O6/c1-16(2)24(35-29(41)36-25(17(3)4)28(40)42-5)27(39)34-22-8-6-7-11-32-23(37)10-9-21(33-26(22)38)14-18-12-19(30)15-20(31)13-18/h9-10,12-13,15-17,21-22,24-25H,6-8,11,14H2,1-5H3,(H,32,37)(H,33,38)(H,34,39)(H2,35,36,41)/t21-,22+,24?,25?/m1/s1. The first kappa shape index (κ1) is 34.2. The normalized spacial score (nSPS) is 19.5. The number of hydrogen-bond donors (Lipinski definition) is 5. The second-order valence-corrected chi connectivity index (χ2v) is 10.9. The third-order valence-corrected chi connectivity index (χ3v) is 6.68. The molecular weight excluding hydrogens is 552 g/mol. The van der Waals surface area contributed by atoms with E-state index < -0.39 is 59.6 Å². The van der Waals surface area contributed by atoms with Gasteiger partial charge in [0.15, 0.2) is 0 Å². The highest BCUT2D eigenvalue weighted by Gasteiger charge is 2.31. The van der Waals surface area contributed by atoms with Gasteiger partial charge in [-0.25, -0.2) is 18.4 Å². The molecule has 13 heteroatoms. The molecule has 5 N–H and O–H groups in total. The Balaban J connectivity index is 2.21. The van der Waals surface area contributed by atoms with Gasteiger partial charge in [-0.1, -0.05) is 33.8 Å². The molecule has 1 heterocycles. The third kappa shape index (κ3) is 11.1. The SMILES string of the molecule is COC(=O)C(NC(=O)NC(C(=O)N[C@H]1CCCCNC(=O)C=C[C@H](Cc2cc(F)cc(F)c2)NC1=O)C(C)C)C(C)C. The highest BCUT2D eigenvalue weighted by atomic mass is 19.1. The van der Waals surface area contributed by atoms with E-state index in [-0.39, 0.29) is 36.1 Å². The summed E-state index contributed by atoms with van der Waals surface area (Å²) in [5.74, 6) is -4.39. The van der Waals surface area contributed by atoms with Crippen LogP contribution in [-0.2, 0) is 30.3 Å². The Kier molecular flexibility index (Phi) is 13.4. The molecule has 42 heavy (non-hydrogen) atoms. The minimum atomic E-state index is -1.05. The van der Waals surface area contributed by atoms with Crippen molar-refractivity contribution >= 4 is 29.7 Å². The van der Waals surface area contributed by atoms with E-state index in [9.17, 15) is 32.8 Å². The Morgan fingerprint density at radius 1 is 0.976 bits per heavy atom. The van der Waals surface area contributed by atoms with Gasteiger partial charge in [-0.2, -0.15) is 0 Å². The predicted octanol–water partition coefficient (Wildman–Crippen LogP) is 1.85. The lowest BCUT2D eigenvalue weighted by atomic mass is 10.0. The molecule has 1 aliphatic rings. The van der Waals surface area contributed by atoms with Crippen molar-refractivity contribution < 1.29 is 37.5 Å². The number of ether oxygens (including phenoxy) is 1. The smallest absolute Gasteiger partial charge is 0.328 e. The molecule has 0 fully saturated rings. The molecule has 0 spiro atoms. The topological polar surface area (TPSA) is 155 Å². The van der Waals surface area contributed by atoms with Gasteiger partial charge in [0.25, 0.3) is 0 Å². The summed E-state index contributed by atoms with van der Waals surface area (Å²) < 4.78 is 32.3. The average Bonchev–Trinajstić information content (AvgIpc) is 2.90. The van der Waals surface area contributed by atoms with Gasteiger partial charge in [-0.15, -0.1) is 0 Å².